The van der Waals surface area contributed by atoms with Crippen LogP contribution in [0.15, 0.2) is 47.8 Å². The SMILES string of the molecule is CCNC(=NCc1cnn(-c2ccc(Cl)cc2)c1)NCc1ncc(C)s1. The molecule has 0 spiro atoms. The molecule has 2 aromatic heterocycles. The third-order valence-electron chi connectivity index (χ3n) is 3.57. The van der Waals surface area contributed by atoms with Gasteiger partial charge in [0, 0.05) is 34.4 Å². The largest absolute Gasteiger partial charge is 0.357 e. The summed E-state index contributed by atoms with van der Waals surface area (Å²) < 4.78 is 1.82. The van der Waals surface area contributed by atoms with Gasteiger partial charge in [-0.1, -0.05) is 11.6 Å². The minimum absolute atomic E-state index is 0.541. The maximum atomic E-state index is 5.93. The molecule has 0 aliphatic carbocycles. The standard InChI is InChI=1S/C18H21ClN6S/c1-3-20-18(23-11-17-21-8-13(2)26-17)22-9-14-10-24-25(12-14)16-6-4-15(19)5-7-16/h4-8,10,12H,3,9,11H2,1-2H3,(H2,20,22,23). The summed E-state index contributed by atoms with van der Waals surface area (Å²) in [5.74, 6) is 0.764. The zero-order valence-electron chi connectivity index (χ0n) is 14.7. The van der Waals surface area contributed by atoms with Gasteiger partial charge in [0.1, 0.15) is 5.01 Å². The molecule has 8 heteroatoms. The second-order valence-corrected chi connectivity index (χ2v) is 7.44. The van der Waals surface area contributed by atoms with Crippen molar-refractivity contribution in [1.82, 2.24) is 25.4 Å². The summed E-state index contributed by atoms with van der Waals surface area (Å²) >= 11 is 7.61. The van der Waals surface area contributed by atoms with E-state index in [-0.39, 0.29) is 0 Å². The topological polar surface area (TPSA) is 67.1 Å². The Bertz CT molecular complexity index is 868. The number of aliphatic imine (C=N–C) groups is 1. The van der Waals surface area contributed by atoms with Crippen molar-refractivity contribution in [2.75, 3.05) is 6.54 Å². The van der Waals surface area contributed by atoms with Crippen molar-refractivity contribution in [3.05, 3.63) is 63.3 Å². The number of aromatic nitrogens is 3. The van der Waals surface area contributed by atoms with Crippen LogP contribution in [0.5, 0.6) is 0 Å². The van der Waals surface area contributed by atoms with E-state index >= 15 is 0 Å². The fourth-order valence-corrected chi connectivity index (χ4v) is 3.18. The average molecular weight is 389 g/mol. The minimum atomic E-state index is 0.541. The van der Waals surface area contributed by atoms with E-state index < -0.39 is 0 Å². The van der Waals surface area contributed by atoms with E-state index in [0.717, 1.165) is 28.8 Å². The number of hydrogen-bond donors (Lipinski definition) is 2. The monoisotopic (exact) mass is 388 g/mol. The van der Waals surface area contributed by atoms with Gasteiger partial charge in [-0.25, -0.2) is 14.7 Å². The first kappa shape index (κ1) is 18.4. The fourth-order valence-electron chi connectivity index (χ4n) is 2.33. The Morgan fingerprint density at radius 1 is 1.23 bits per heavy atom. The number of thiazole rings is 1. The third-order valence-corrected chi connectivity index (χ3v) is 4.73. The van der Waals surface area contributed by atoms with E-state index in [1.165, 1.54) is 4.88 Å². The summed E-state index contributed by atoms with van der Waals surface area (Å²) in [6.07, 6.45) is 5.68. The highest BCUT2D eigenvalue weighted by Crippen LogP contribution is 2.14. The molecule has 0 radical (unpaired) electrons. The first-order valence-electron chi connectivity index (χ1n) is 8.37. The molecule has 26 heavy (non-hydrogen) atoms. The van der Waals surface area contributed by atoms with Crippen LogP contribution >= 0.6 is 22.9 Å². The van der Waals surface area contributed by atoms with Crippen molar-refractivity contribution in [3.63, 3.8) is 0 Å². The van der Waals surface area contributed by atoms with Crippen LogP contribution in [-0.4, -0.2) is 27.3 Å². The van der Waals surface area contributed by atoms with Crippen LogP contribution in [-0.2, 0) is 13.1 Å². The molecule has 0 aliphatic heterocycles. The van der Waals surface area contributed by atoms with Gasteiger partial charge in [-0.3, -0.25) is 0 Å². The first-order valence-corrected chi connectivity index (χ1v) is 9.56. The lowest BCUT2D eigenvalue weighted by atomic mass is 10.3. The Morgan fingerprint density at radius 2 is 2.04 bits per heavy atom. The van der Waals surface area contributed by atoms with E-state index in [4.69, 9.17) is 11.6 Å². The van der Waals surface area contributed by atoms with Gasteiger partial charge in [-0.2, -0.15) is 5.10 Å². The highest BCUT2D eigenvalue weighted by atomic mass is 35.5. The second-order valence-electron chi connectivity index (χ2n) is 5.68. The minimum Gasteiger partial charge on any atom is -0.357 e. The van der Waals surface area contributed by atoms with E-state index in [1.54, 1.807) is 11.3 Å². The summed E-state index contributed by atoms with van der Waals surface area (Å²) in [5.41, 5.74) is 2.00. The predicted molar refractivity (Wildman–Crippen MR) is 107 cm³/mol. The summed E-state index contributed by atoms with van der Waals surface area (Å²) in [4.78, 5) is 10.2. The summed E-state index contributed by atoms with van der Waals surface area (Å²) in [5, 5.41) is 12.7. The van der Waals surface area contributed by atoms with E-state index in [2.05, 4.69) is 32.6 Å². The predicted octanol–water partition coefficient (Wildman–Crippen LogP) is 3.55. The van der Waals surface area contributed by atoms with Gasteiger partial charge in [0.05, 0.1) is 25.0 Å². The van der Waals surface area contributed by atoms with Crippen LogP contribution in [0.2, 0.25) is 5.02 Å². The van der Waals surface area contributed by atoms with Gasteiger partial charge >= 0.3 is 0 Å². The molecule has 1 aromatic carbocycles. The number of benzene rings is 1. The molecule has 0 aliphatic rings. The molecule has 0 bridgehead atoms. The van der Waals surface area contributed by atoms with Crippen LogP contribution in [0.3, 0.4) is 0 Å². The molecule has 0 amide bonds. The molecule has 6 nitrogen and oxygen atoms in total. The lowest BCUT2D eigenvalue weighted by molar-refractivity contribution is 0.811. The molecule has 3 rings (SSSR count). The smallest absolute Gasteiger partial charge is 0.191 e. The van der Waals surface area contributed by atoms with E-state index in [1.807, 2.05) is 54.5 Å². The molecule has 0 unspecified atom stereocenters. The first-order chi connectivity index (χ1) is 12.6. The van der Waals surface area contributed by atoms with Gasteiger partial charge in [-0.15, -0.1) is 11.3 Å². The molecule has 0 saturated heterocycles. The van der Waals surface area contributed by atoms with Crippen LogP contribution in [0, 0.1) is 6.92 Å². The van der Waals surface area contributed by atoms with E-state index in [9.17, 15) is 0 Å². The van der Waals surface area contributed by atoms with E-state index in [0.29, 0.717) is 18.1 Å². The highest BCUT2D eigenvalue weighted by molar-refractivity contribution is 7.11. The van der Waals surface area contributed by atoms with Gasteiger partial charge in [0.15, 0.2) is 5.96 Å². The third kappa shape index (κ3) is 5.06. The zero-order chi connectivity index (χ0) is 18.4. The molecular weight excluding hydrogens is 368 g/mol. The van der Waals surface area contributed by atoms with Crippen molar-refractivity contribution in [1.29, 1.82) is 0 Å². The molecule has 136 valence electrons. The lowest BCUT2D eigenvalue weighted by Gasteiger charge is -2.09. The Morgan fingerprint density at radius 3 is 2.73 bits per heavy atom. The fraction of sp³-hybridized carbons (Fsp3) is 0.278. The van der Waals surface area contributed by atoms with Crippen LogP contribution in [0.1, 0.15) is 22.4 Å². The van der Waals surface area contributed by atoms with Gasteiger partial charge in [0.25, 0.3) is 0 Å². The Kier molecular flexibility index (Phi) is 6.25. The van der Waals surface area contributed by atoms with Crippen molar-refractivity contribution in [2.45, 2.75) is 26.9 Å². The molecule has 0 fully saturated rings. The van der Waals surface area contributed by atoms with Crippen molar-refractivity contribution < 1.29 is 0 Å². The van der Waals surface area contributed by atoms with Crippen LogP contribution in [0.25, 0.3) is 5.69 Å². The number of nitrogens with zero attached hydrogens (tertiary/aromatic N) is 4. The molecule has 0 saturated carbocycles. The number of hydrogen-bond acceptors (Lipinski definition) is 4. The molecule has 2 N–H and O–H groups in total. The second kappa shape index (κ2) is 8.82. The summed E-state index contributed by atoms with van der Waals surface area (Å²) in [6.45, 7) is 6.10. The number of halogens is 1. The highest BCUT2D eigenvalue weighted by Gasteiger charge is 2.04. The van der Waals surface area contributed by atoms with Crippen LogP contribution in [0.4, 0.5) is 0 Å². The van der Waals surface area contributed by atoms with Crippen molar-refractivity contribution >= 4 is 28.9 Å². The van der Waals surface area contributed by atoms with Crippen molar-refractivity contribution in [3.8, 4) is 5.69 Å². The number of rotatable bonds is 6. The zero-order valence-corrected chi connectivity index (χ0v) is 16.3. The van der Waals surface area contributed by atoms with Gasteiger partial charge < -0.3 is 10.6 Å². The molecule has 2 heterocycles. The van der Waals surface area contributed by atoms with Crippen LogP contribution < -0.4 is 10.6 Å². The Labute approximate surface area is 162 Å². The molecule has 3 aromatic rings. The maximum Gasteiger partial charge on any atom is 0.191 e. The van der Waals surface area contributed by atoms with Crippen molar-refractivity contribution in [2.24, 2.45) is 4.99 Å². The quantitative estimate of drug-likeness (QED) is 0.500. The lowest BCUT2D eigenvalue weighted by Crippen LogP contribution is -2.36. The number of guanidine groups is 1. The number of nitrogens with one attached hydrogen (secondary N) is 2. The molecular formula is C18H21ClN6S. The average Bonchev–Trinajstić information content (AvgIpc) is 3.27. The van der Waals surface area contributed by atoms with Gasteiger partial charge in [0.2, 0.25) is 0 Å². The maximum absolute atomic E-state index is 5.93. The Balaban J connectivity index is 1.62. The number of aryl methyl sites for hydroxylation is 1. The summed E-state index contributed by atoms with van der Waals surface area (Å²) in [7, 11) is 0. The normalized spacial score (nSPS) is 11.6. The van der Waals surface area contributed by atoms with Gasteiger partial charge in [-0.05, 0) is 38.1 Å². The molecule has 0 atom stereocenters. The summed E-state index contributed by atoms with van der Waals surface area (Å²) in [6, 6.07) is 7.57. The Hall–Kier alpha value is -2.38.